The summed E-state index contributed by atoms with van der Waals surface area (Å²) < 4.78 is 10.9. The van der Waals surface area contributed by atoms with Gasteiger partial charge in [-0.2, -0.15) is 0 Å². The summed E-state index contributed by atoms with van der Waals surface area (Å²) in [6.45, 7) is 6.76. The summed E-state index contributed by atoms with van der Waals surface area (Å²) in [5.41, 5.74) is 3.41. The van der Waals surface area contributed by atoms with E-state index in [1.54, 1.807) is 6.20 Å². The first-order valence-electron chi connectivity index (χ1n) is 11.4. The summed E-state index contributed by atoms with van der Waals surface area (Å²) in [7, 11) is 0. The number of carbonyl (C=O) groups is 1. The Morgan fingerprint density at radius 3 is 2.35 bits per heavy atom. The molecule has 1 amide bonds. The van der Waals surface area contributed by atoms with E-state index < -0.39 is 17.9 Å². The molecule has 1 atom stereocenters. The van der Waals surface area contributed by atoms with Crippen LogP contribution in [-0.4, -0.2) is 41.2 Å². The number of amides is 1. The molecule has 7 nitrogen and oxygen atoms in total. The zero-order chi connectivity index (χ0) is 24.4. The summed E-state index contributed by atoms with van der Waals surface area (Å²) in [5, 5.41) is 16.0. The molecule has 3 N–H and O–H groups in total. The average molecular weight is 464 g/mol. The van der Waals surface area contributed by atoms with E-state index >= 15 is 0 Å². The smallest absolute Gasteiger partial charge is 0.407 e. The maximum absolute atomic E-state index is 11.6. The number of carbonyl (C=O) groups excluding carboxylic acids is 1. The van der Waals surface area contributed by atoms with Crippen molar-refractivity contribution in [1.29, 1.82) is 0 Å². The van der Waals surface area contributed by atoms with Gasteiger partial charge in [-0.1, -0.05) is 48.5 Å². The van der Waals surface area contributed by atoms with Gasteiger partial charge in [0.25, 0.3) is 0 Å². The van der Waals surface area contributed by atoms with E-state index in [9.17, 15) is 9.90 Å². The third kappa shape index (κ3) is 8.84. The molecular weight excluding hydrogens is 430 g/mol. The quantitative estimate of drug-likeness (QED) is 0.307. The molecule has 3 rings (SSSR count). The van der Waals surface area contributed by atoms with Gasteiger partial charge >= 0.3 is 6.09 Å². The van der Waals surface area contributed by atoms with Crippen molar-refractivity contribution in [3.05, 3.63) is 84.2 Å². The number of aliphatic hydroxyl groups is 1. The molecule has 1 unspecified atom stereocenters. The molecule has 180 valence electrons. The van der Waals surface area contributed by atoms with Gasteiger partial charge in [0.2, 0.25) is 0 Å². The second kappa shape index (κ2) is 12.2. The fourth-order valence-electron chi connectivity index (χ4n) is 3.20. The number of nitrogens with zero attached hydrogens (tertiary/aromatic N) is 1. The lowest BCUT2D eigenvalue weighted by atomic mass is 10.1. The normalized spacial score (nSPS) is 12.1. The van der Waals surface area contributed by atoms with Crippen molar-refractivity contribution in [3.8, 4) is 16.9 Å². The summed E-state index contributed by atoms with van der Waals surface area (Å²) in [5.74, 6) is 0.715. The zero-order valence-corrected chi connectivity index (χ0v) is 20.0. The maximum atomic E-state index is 11.6. The predicted molar refractivity (Wildman–Crippen MR) is 132 cm³/mol. The Balaban J connectivity index is 1.42. The number of ether oxygens (including phenoxy) is 2. The van der Waals surface area contributed by atoms with Gasteiger partial charge < -0.3 is 19.9 Å². The molecule has 0 bridgehead atoms. The third-order valence-electron chi connectivity index (χ3n) is 4.84. The third-order valence-corrected chi connectivity index (χ3v) is 4.84. The Kier molecular flexibility index (Phi) is 9.01. The van der Waals surface area contributed by atoms with Crippen molar-refractivity contribution < 1.29 is 19.4 Å². The van der Waals surface area contributed by atoms with Crippen LogP contribution < -0.4 is 15.4 Å². The second-order valence-corrected chi connectivity index (χ2v) is 8.93. The fraction of sp³-hybridized carbons (Fsp3) is 0.333. The number of pyridine rings is 1. The van der Waals surface area contributed by atoms with E-state index in [1.165, 1.54) is 0 Å². The number of rotatable bonds is 10. The monoisotopic (exact) mass is 463 g/mol. The Morgan fingerprint density at radius 1 is 1.00 bits per heavy atom. The average Bonchev–Trinajstić information content (AvgIpc) is 2.81. The largest absolute Gasteiger partial charge is 0.492 e. The van der Waals surface area contributed by atoms with Crippen molar-refractivity contribution >= 4 is 6.09 Å². The van der Waals surface area contributed by atoms with Gasteiger partial charge in [-0.3, -0.25) is 10.3 Å². The number of hydrogen-bond donors (Lipinski definition) is 3. The van der Waals surface area contributed by atoms with Gasteiger partial charge in [-0.15, -0.1) is 0 Å². The Morgan fingerprint density at radius 2 is 1.71 bits per heavy atom. The lowest BCUT2D eigenvalue weighted by Gasteiger charge is -2.19. The van der Waals surface area contributed by atoms with Gasteiger partial charge in [-0.25, -0.2) is 4.79 Å². The Hall–Kier alpha value is -3.42. The number of nitrogens with one attached hydrogen (secondary N) is 2. The van der Waals surface area contributed by atoms with E-state index in [-0.39, 0.29) is 0 Å². The molecule has 0 radical (unpaired) electrons. The number of hydrogen-bond acceptors (Lipinski definition) is 6. The molecule has 34 heavy (non-hydrogen) atoms. The molecule has 0 saturated carbocycles. The molecule has 0 aliphatic heterocycles. The van der Waals surface area contributed by atoms with Crippen LogP contribution in [0.3, 0.4) is 0 Å². The molecule has 3 aromatic rings. The van der Waals surface area contributed by atoms with Crippen LogP contribution in [0.25, 0.3) is 11.1 Å². The number of aliphatic hydroxyl groups excluding tert-OH is 1. The molecule has 0 saturated heterocycles. The van der Waals surface area contributed by atoms with Crippen molar-refractivity contribution in [2.45, 2.75) is 45.6 Å². The first-order valence-corrected chi connectivity index (χ1v) is 11.4. The lowest BCUT2D eigenvalue weighted by Crippen LogP contribution is -2.34. The Bertz CT molecular complexity index is 1020. The molecule has 0 spiro atoms. The van der Waals surface area contributed by atoms with Crippen LogP contribution in [0, 0.1) is 0 Å². The van der Waals surface area contributed by atoms with E-state index in [0.717, 1.165) is 22.4 Å². The van der Waals surface area contributed by atoms with Gasteiger partial charge in [0.1, 0.15) is 24.2 Å². The van der Waals surface area contributed by atoms with Crippen LogP contribution in [0.15, 0.2) is 72.9 Å². The van der Waals surface area contributed by atoms with Crippen LogP contribution in [0.5, 0.6) is 5.75 Å². The number of benzene rings is 2. The highest BCUT2D eigenvalue weighted by molar-refractivity contribution is 5.67. The number of alkyl carbamates (subject to hydrolysis) is 1. The van der Waals surface area contributed by atoms with Crippen molar-refractivity contribution in [1.82, 2.24) is 15.6 Å². The van der Waals surface area contributed by atoms with Gasteiger partial charge in [0.05, 0.1) is 6.54 Å². The molecule has 1 heterocycles. The summed E-state index contributed by atoms with van der Waals surface area (Å²) in [6.07, 6.45) is 1.11. The van der Waals surface area contributed by atoms with E-state index in [0.29, 0.717) is 31.9 Å². The van der Waals surface area contributed by atoms with Crippen LogP contribution >= 0.6 is 0 Å². The van der Waals surface area contributed by atoms with E-state index in [1.807, 2.05) is 87.5 Å². The second-order valence-electron chi connectivity index (χ2n) is 8.93. The minimum absolute atomic E-state index is 0.343. The van der Waals surface area contributed by atoms with Gasteiger partial charge in [0, 0.05) is 30.4 Å². The van der Waals surface area contributed by atoms with E-state index in [2.05, 4.69) is 15.6 Å². The fourth-order valence-corrected chi connectivity index (χ4v) is 3.20. The van der Waals surface area contributed by atoms with Gasteiger partial charge in [0.15, 0.2) is 0 Å². The van der Waals surface area contributed by atoms with Crippen LogP contribution in [0.1, 0.15) is 32.0 Å². The highest BCUT2D eigenvalue weighted by atomic mass is 16.6. The zero-order valence-electron chi connectivity index (χ0n) is 20.0. The Labute approximate surface area is 201 Å². The first-order chi connectivity index (χ1) is 16.3. The van der Waals surface area contributed by atoms with Crippen molar-refractivity contribution in [2.75, 3.05) is 13.2 Å². The minimum Gasteiger partial charge on any atom is -0.492 e. The first kappa shape index (κ1) is 25.2. The van der Waals surface area contributed by atoms with Crippen LogP contribution in [0.2, 0.25) is 0 Å². The van der Waals surface area contributed by atoms with Crippen LogP contribution in [0.4, 0.5) is 4.79 Å². The molecule has 1 aromatic heterocycles. The number of aromatic nitrogens is 1. The van der Waals surface area contributed by atoms with Gasteiger partial charge in [-0.05, 0) is 50.1 Å². The molecule has 0 aliphatic rings. The maximum Gasteiger partial charge on any atom is 0.407 e. The summed E-state index contributed by atoms with van der Waals surface area (Å²) >= 11 is 0. The molecular formula is C27H33N3O4. The highest BCUT2D eigenvalue weighted by Crippen LogP contribution is 2.22. The minimum atomic E-state index is -0.667. The SMILES string of the molecule is CC(C)(C)OC(=O)NCCOc1ccc(-c2ccc(CC(O)NCc3ccccc3)nc2)cc1. The molecule has 2 aromatic carbocycles. The molecule has 0 fully saturated rings. The highest BCUT2D eigenvalue weighted by Gasteiger charge is 2.15. The lowest BCUT2D eigenvalue weighted by molar-refractivity contribution is 0.0520. The summed E-state index contributed by atoms with van der Waals surface area (Å²) in [6, 6.07) is 21.6. The standard InChI is InChI=1S/C27H33N3O4/c1-27(2,3)34-26(32)28-15-16-33-24-13-10-21(11-14-24)22-9-12-23(29-19-22)17-25(31)30-18-20-7-5-4-6-8-20/h4-14,19,25,30-31H,15-18H2,1-3H3,(H,28,32). The predicted octanol–water partition coefficient (Wildman–Crippen LogP) is 4.30. The topological polar surface area (TPSA) is 92.7 Å². The molecule has 0 aliphatic carbocycles. The van der Waals surface area contributed by atoms with Crippen molar-refractivity contribution in [2.24, 2.45) is 0 Å². The molecule has 7 heteroatoms. The van der Waals surface area contributed by atoms with Crippen molar-refractivity contribution in [3.63, 3.8) is 0 Å². The van der Waals surface area contributed by atoms with E-state index in [4.69, 9.17) is 9.47 Å². The summed E-state index contributed by atoms with van der Waals surface area (Å²) in [4.78, 5) is 16.1. The van der Waals surface area contributed by atoms with Crippen LogP contribution in [-0.2, 0) is 17.7 Å².